The van der Waals surface area contributed by atoms with Gasteiger partial charge in [0.1, 0.15) is 0 Å². The predicted octanol–water partition coefficient (Wildman–Crippen LogP) is 7.01. The van der Waals surface area contributed by atoms with E-state index in [9.17, 15) is 4.79 Å². The third-order valence-corrected chi connectivity index (χ3v) is 7.87. The number of nitrogens with zero attached hydrogens (tertiary/aromatic N) is 2. The second kappa shape index (κ2) is 9.02. The molecule has 2 aromatic carbocycles. The molecule has 1 N–H and O–H groups in total. The van der Waals surface area contributed by atoms with Gasteiger partial charge in [0.25, 0.3) is 5.91 Å². The molecule has 0 spiro atoms. The van der Waals surface area contributed by atoms with Gasteiger partial charge < -0.3 is 10.2 Å². The number of carbonyl (C=O) groups excluding carboxylic acids is 1. The van der Waals surface area contributed by atoms with Crippen LogP contribution in [0.25, 0.3) is 6.08 Å². The number of amidine groups is 1. The summed E-state index contributed by atoms with van der Waals surface area (Å²) in [6.45, 7) is 16.6. The molecule has 4 rings (SSSR count). The minimum atomic E-state index is -0.0806. The van der Waals surface area contributed by atoms with Crippen LogP contribution in [0, 0.1) is 20.8 Å². The normalized spacial score (nSPS) is 22.1. The van der Waals surface area contributed by atoms with Crippen LogP contribution in [0.1, 0.15) is 74.3 Å². The number of carbonyl (C=O) groups is 1. The summed E-state index contributed by atoms with van der Waals surface area (Å²) in [5.74, 6) is 0.398. The first-order valence-electron chi connectivity index (χ1n) is 11.9. The number of nitrogens with one attached hydrogen (secondary N) is 1. The van der Waals surface area contributed by atoms with E-state index in [1.807, 2.05) is 18.2 Å². The molecule has 2 aliphatic rings. The van der Waals surface area contributed by atoms with Crippen LogP contribution in [0.2, 0.25) is 0 Å². The molecule has 0 aliphatic carbocycles. The number of rotatable bonds is 4. The van der Waals surface area contributed by atoms with Crippen molar-refractivity contribution in [3.63, 3.8) is 0 Å². The zero-order valence-corrected chi connectivity index (χ0v) is 21.7. The topological polar surface area (TPSA) is 44.7 Å². The second-order valence-corrected chi connectivity index (χ2v) is 11.1. The van der Waals surface area contributed by atoms with Crippen molar-refractivity contribution in [2.45, 2.75) is 72.8 Å². The van der Waals surface area contributed by atoms with Gasteiger partial charge in [-0.2, -0.15) is 0 Å². The second-order valence-electron chi connectivity index (χ2n) is 10.0. The molecule has 4 nitrogen and oxygen atoms in total. The van der Waals surface area contributed by atoms with E-state index in [4.69, 9.17) is 4.99 Å². The molecular formula is C28H35N3OS. The molecule has 0 saturated carbocycles. The maximum Gasteiger partial charge on any atom is 0.264 e. The van der Waals surface area contributed by atoms with Crippen molar-refractivity contribution in [3.8, 4) is 0 Å². The Morgan fingerprint density at radius 3 is 2.70 bits per heavy atom. The Morgan fingerprint density at radius 1 is 1.21 bits per heavy atom. The van der Waals surface area contributed by atoms with Crippen molar-refractivity contribution in [2.24, 2.45) is 4.99 Å². The van der Waals surface area contributed by atoms with Crippen LogP contribution in [0.15, 0.2) is 40.2 Å². The highest BCUT2D eigenvalue weighted by Gasteiger charge is 2.36. The van der Waals surface area contributed by atoms with Gasteiger partial charge in [-0.1, -0.05) is 26.0 Å². The molecule has 2 aromatic rings. The van der Waals surface area contributed by atoms with Gasteiger partial charge in [0.2, 0.25) is 0 Å². The molecule has 0 bridgehead atoms. The number of hydrogen-bond acceptors (Lipinski definition) is 4. The van der Waals surface area contributed by atoms with Crippen LogP contribution in [-0.4, -0.2) is 23.2 Å². The molecule has 2 heterocycles. The Morgan fingerprint density at radius 2 is 1.97 bits per heavy atom. The van der Waals surface area contributed by atoms with E-state index >= 15 is 0 Å². The van der Waals surface area contributed by atoms with E-state index in [-0.39, 0.29) is 11.4 Å². The minimum Gasteiger partial charge on any atom is -0.366 e. The molecule has 1 saturated heterocycles. The monoisotopic (exact) mass is 461 g/mol. The number of amides is 1. The van der Waals surface area contributed by atoms with Crippen LogP contribution < -0.4 is 10.2 Å². The smallest absolute Gasteiger partial charge is 0.264 e. The number of hydrogen-bond donors (Lipinski definition) is 1. The van der Waals surface area contributed by atoms with Crippen molar-refractivity contribution in [1.82, 2.24) is 5.32 Å². The Labute approximate surface area is 202 Å². The molecule has 174 valence electrons. The molecule has 1 atom stereocenters. The van der Waals surface area contributed by atoms with Crippen LogP contribution in [0.4, 0.5) is 11.4 Å². The van der Waals surface area contributed by atoms with Gasteiger partial charge in [0.15, 0.2) is 5.17 Å². The minimum absolute atomic E-state index is 0.0806. The van der Waals surface area contributed by atoms with Crippen molar-refractivity contribution in [3.05, 3.63) is 63.1 Å². The zero-order chi connectivity index (χ0) is 23.9. The van der Waals surface area contributed by atoms with Gasteiger partial charge >= 0.3 is 0 Å². The fourth-order valence-corrected chi connectivity index (χ4v) is 5.87. The zero-order valence-electron chi connectivity index (χ0n) is 20.9. The number of anilines is 1. The third-order valence-electron chi connectivity index (χ3n) is 6.96. The van der Waals surface area contributed by atoms with Gasteiger partial charge in [-0.05, 0) is 117 Å². The summed E-state index contributed by atoms with van der Waals surface area (Å²) >= 11 is 1.42. The highest BCUT2D eigenvalue weighted by Crippen LogP contribution is 2.45. The predicted molar refractivity (Wildman–Crippen MR) is 143 cm³/mol. The Hall–Kier alpha value is -2.53. The number of aryl methyl sites for hydroxylation is 2. The molecular weight excluding hydrogens is 426 g/mol. The lowest BCUT2D eigenvalue weighted by Gasteiger charge is -2.48. The highest BCUT2D eigenvalue weighted by molar-refractivity contribution is 8.18. The van der Waals surface area contributed by atoms with Crippen LogP contribution in [0.5, 0.6) is 0 Å². The molecule has 0 aromatic heterocycles. The lowest BCUT2D eigenvalue weighted by molar-refractivity contribution is -0.115. The maximum atomic E-state index is 12.7. The number of fused-ring (bicyclic) bond motifs is 1. The lowest BCUT2D eigenvalue weighted by Crippen LogP contribution is -2.48. The average Bonchev–Trinajstić information content (AvgIpc) is 3.08. The quantitative estimate of drug-likeness (QED) is 0.498. The Bertz CT molecular complexity index is 1160. The molecule has 1 fully saturated rings. The van der Waals surface area contributed by atoms with E-state index < -0.39 is 0 Å². The Balaban J connectivity index is 1.67. The molecule has 1 amide bonds. The average molecular weight is 462 g/mol. The number of thioether (sulfide) groups is 1. The van der Waals surface area contributed by atoms with Crippen molar-refractivity contribution >= 4 is 40.3 Å². The summed E-state index contributed by atoms with van der Waals surface area (Å²) in [6, 6.07) is 10.7. The lowest BCUT2D eigenvalue weighted by atomic mass is 9.79. The van der Waals surface area contributed by atoms with Crippen LogP contribution >= 0.6 is 11.8 Å². The highest BCUT2D eigenvalue weighted by atomic mass is 32.2. The Kier molecular flexibility index (Phi) is 6.45. The van der Waals surface area contributed by atoms with Crippen LogP contribution in [-0.2, 0) is 4.79 Å². The number of benzene rings is 2. The van der Waals surface area contributed by atoms with Crippen LogP contribution in [0.3, 0.4) is 0 Å². The van der Waals surface area contributed by atoms with Crippen molar-refractivity contribution in [2.75, 3.05) is 11.4 Å². The van der Waals surface area contributed by atoms with Crippen molar-refractivity contribution < 1.29 is 4.79 Å². The molecule has 5 heteroatoms. The summed E-state index contributed by atoms with van der Waals surface area (Å²) in [5.41, 5.74) is 8.42. The summed E-state index contributed by atoms with van der Waals surface area (Å²) < 4.78 is 0. The fraction of sp³-hybridized carbons (Fsp3) is 0.429. The summed E-state index contributed by atoms with van der Waals surface area (Å²) in [7, 11) is 0. The van der Waals surface area contributed by atoms with Gasteiger partial charge in [0, 0.05) is 17.8 Å². The standard InChI is InChI=1S/C28H35N3OS/c1-8-12-31-24-13-18(3)21(14-22(24)19(4)16-28(31,6)7)15-25-26(32)30-27(33-25)29-23-11-9-10-17(2)20(23)5/h9-11,13-15,19H,8,12,16H2,1-7H3,(H,29,30,32)/b25-15+. The summed E-state index contributed by atoms with van der Waals surface area (Å²) in [4.78, 5) is 20.7. The van der Waals surface area contributed by atoms with Gasteiger partial charge in [-0.3, -0.25) is 4.79 Å². The number of aliphatic imine (C=N–C) groups is 1. The van der Waals surface area contributed by atoms with E-state index in [1.54, 1.807) is 0 Å². The largest absolute Gasteiger partial charge is 0.366 e. The van der Waals surface area contributed by atoms with Gasteiger partial charge in [-0.15, -0.1) is 0 Å². The first-order valence-corrected chi connectivity index (χ1v) is 12.7. The van der Waals surface area contributed by atoms with Crippen molar-refractivity contribution in [1.29, 1.82) is 0 Å². The van der Waals surface area contributed by atoms with E-state index in [0.29, 0.717) is 16.0 Å². The van der Waals surface area contributed by atoms with Gasteiger partial charge in [0.05, 0.1) is 10.6 Å². The first-order chi connectivity index (χ1) is 15.6. The molecule has 0 radical (unpaired) electrons. The fourth-order valence-electron chi connectivity index (χ4n) is 5.04. The summed E-state index contributed by atoms with van der Waals surface area (Å²) in [6.07, 6.45) is 4.28. The van der Waals surface area contributed by atoms with E-state index in [1.165, 1.54) is 34.1 Å². The molecule has 2 aliphatic heterocycles. The molecule has 1 unspecified atom stereocenters. The SMILES string of the molecule is CCCN1c2cc(C)c(/C=C3/SC(=Nc4cccc(C)c4C)NC3=O)cc2C(C)CC1(C)C. The maximum absolute atomic E-state index is 12.7. The van der Waals surface area contributed by atoms with E-state index in [0.717, 1.165) is 36.2 Å². The third kappa shape index (κ3) is 4.61. The summed E-state index contributed by atoms with van der Waals surface area (Å²) in [5, 5.41) is 3.58. The first kappa shape index (κ1) is 23.6. The molecule has 33 heavy (non-hydrogen) atoms. The van der Waals surface area contributed by atoms with Gasteiger partial charge in [-0.25, -0.2) is 4.99 Å². The van der Waals surface area contributed by atoms with E-state index in [2.05, 4.69) is 76.9 Å².